The normalized spacial score (nSPS) is 16.2. The molecule has 8 nitrogen and oxygen atoms in total. The summed E-state index contributed by atoms with van der Waals surface area (Å²) in [5, 5.41) is 0. The maximum absolute atomic E-state index is 12.9. The number of nitrogens with zero attached hydrogens (tertiary/aromatic N) is 3. The van der Waals surface area contributed by atoms with Crippen LogP contribution in [0.15, 0.2) is 42.5 Å². The number of hydrogen-bond acceptors (Lipinski definition) is 6. The van der Waals surface area contributed by atoms with Gasteiger partial charge in [-0.1, -0.05) is 25.1 Å². The second-order valence-corrected chi connectivity index (χ2v) is 10.0. The highest BCUT2D eigenvalue weighted by molar-refractivity contribution is 7.92. The van der Waals surface area contributed by atoms with Crippen molar-refractivity contribution in [2.75, 3.05) is 50.1 Å². The van der Waals surface area contributed by atoms with Crippen LogP contribution < -0.4 is 13.8 Å². The topological polar surface area (TPSA) is 79.4 Å². The largest absolute Gasteiger partial charge is 0.454 e. The number of amides is 1. The lowest BCUT2D eigenvalue weighted by atomic mass is 10.1. The van der Waals surface area contributed by atoms with Gasteiger partial charge >= 0.3 is 0 Å². The Kier molecular flexibility index (Phi) is 6.57. The maximum atomic E-state index is 12.9. The number of carbonyl (C=O) groups is 1. The Bertz CT molecular complexity index is 1060. The van der Waals surface area contributed by atoms with E-state index in [1.807, 2.05) is 37.3 Å². The van der Waals surface area contributed by atoms with Crippen molar-refractivity contribution in [3.05, 3.63) is 53.6 Å². The summed E-state index contributed by atoms with van der Waals surface area (Å²) < 4.78 is 36.7. The van der Waals surface area contributed by atoms with Crippen molar-refractivity contribution in [3.8, 4) is 11.5 Å². The van der Waals surface area contributed by atoms with E-state index in [1.54, 1.807) is 17.0 Å². The molecule has 2 aliphatic heterocycles. The summed E-state index contributed by atoms with van der Waals surface area (Å²) in [5.74, 6) is 1.35. The first-order valence-corrected chi connectivity index (χ1v) is 12.6. The molecule has 2 aromatic rings. The van der Waals surface area contributed by atoms with Crippen LogP contribution in [0.4, 0.5) is 5.69 Å². The average molecular weight is 460 g/mol. The number of ether oxygens (including phenoxy) is 2. The molecule has 0 aromatic heterocycles. The first-order chi connectivity index (χ1) is 15.3. The van der Waals surface area contributed by atoms with E-state index < -0.39 is 10.0 Å². The molecule has 1 fully saturated rings. The van der Waals surface area contributed by atoms with Crippen molar-refractivity contribution in [1.82, 2.24) is 9.80 Å². The Balaban J connectivity index is 1.34. The molecule has 2 aliphatic rings. The van der Waals surface area contributed by atoms with Crippen molar-refractivity contribution in [2.24, 2.45) is 0 Å². The van der Waals surface area contributed by atoms with Crippen LogP contribution in [0.5, 0.6) is 11.5 Å². The smallest absolute Gasteiger partial charge is 0.243 e. The summed E-state index contributed by atoms with van der Waals surface area (Å²) in [6.07, 6.45) is 2.01. The number of sulfonamides is 1. The summed E-state index contributed by atoms with van der Waals surface area (Å²) in [6.45, 7) is 5.45. The number of rotatable bonds is 7. The van der Waals surface area contributed by atoms with Gasteiger partial charge in [-0.15, -0.1) is 0 Å². The van der Waals surface area contributed by atoms with Gasteiger partial charge in [0.15, 0.2) is 11.5 Å². The minimum absolute atomic E-state index is 0.183. The van der Waals surface area contributed by atoms with Crippen molar-refractivity contribution in [3.63, 3.8) is 0 Å². The van der Waals surface area contributed by atoms with Gasteiger partial charge in [-0.05, 0) is 41.8 Å². The fourth-order valence-corrected chi connectivity index (χ4v) is 4.82. The van der Waals surface area contributed by atoms with E-state index in [2.05, 4.69) is 4.90 Å². The van der Waals surface area contributed by atoms with Gasteiger partial charge in [-0.2, -0.15) is 0 Å². The lowest BCUT2D eigenvalue weighted by Crippen LogP contribution is -2.51. The zero-order valence-electron chi connectivity index (χ0n) is 18.5. The van der Waals surface area contributed by atoms with Crippen LogP contribution in [0.2, 0.25) is 0 Å². The Hall–Kier alpha value is -2.78. The predicted octanol–water partition coefficient (Wildman–Crippen LogP) is 2.09. The van der Waals surface area contributed by atoms with Gasteiger partial charge in [0, 0.05) is 32.7 Å². The molecule has 0 N–H and O–H groups in total. The highest BCUT2D eigenvalue weighted by Crippen LogP contribution is 2.32. The van der Waals surface area contributed by atoms with Crippen molar-refractivity contribution < 1.29 is 22.7 Å². The Morgan fingerprint density at radius 2 is 1.62 bits per heavy atom. The van der Waals surface area contributed by atoms with Crippen LogP contribution >= 0.6 is 0 Å². The van der Waals surface area contributed by atoms with Crippen molar-refractivity contribution >= 4 is 21.6 Å². The summed E-state index contributed by atoms with van der Waals surface area (Å²) in [7, 11) is -3.57. The number of anilines is 1. The molecule has 0 saturated carbocycles. The van der Waals surface area contributed by atoms with E-state index in [4.69, 9.17) is 9.47 Å². The maximum Gasteiger partial charge on any atom is 0.243 e. The molecular formula is C23H29N3O5S. The third-order valence-corrected chi connectivity index (χ3v) is 7.02. The third kappa shape index (κ3) is 5.16. The standard InChI is InChI=1S/C23H29N3O5S/c1-3-18-4-7-20(8-5-18)26(32(2,28)29)16-23(27)25-12-10-24(11-13-25)15-19-6-9-21-22(14-19)31-17-30-21/h4-9,14H,3,10-13,15-17H2,1-2H3. The summed E-state index contributed by atoms with van der Waals surface area (Å²) >= 11 is 0. The average Bonchev–Trinajstić information content (AvgIpc) is 3.25. The minimum Gasteiger partial charge on any atom is -0.454 e. The third-order valence-electron chi connectivity index (χ3n) is 5.88. The molecular weight excluding hydrogens is 430 g/mol. The van der Waals surface area contributed by atoms with Crippen LogP contribution in [0.3, 0.4) is 0 Å². The quantitative estimate of drug-likeness (QED) is 0.631. The molecule has 4 rings (SSSR count). The minimum atomic E-state index is -3.57. The van der Waals surface area contributed by atoms with Gasteiger partial charge in [0.05, 0.1) is 11.9 Å². The second-order valence-electron chi connectivity index (χ2n) is 8.13. The van der Waals surface area contributed by atoms with Gasteiger partial charge in [0.25, 0.3) is 0 Å². The van der Waals surface area contributed by atoms with E-state index in [-0.39, 0.29) is 19.2 Å². The number of hydrogen-bond donors (Lipinski definition) is 0. The van der Waals surface area contributed by atoms with E-state index in [0.717, 1.165) is 54.9 Å². The van der Waals surface area contributed by atoms with E-state index >= 15 is 0 Å². The molecule has 32 heavy (non-hydrogen) atoms. The Labute approximate surface area is 189 Å². The molecule has 9 heteroatoms. The molecule has 0 unspecified atom stereocenters. The zero-order valence-corrected chi connectivity index (χ0v) is 19.3. The first kappa shape index (κ1) is 22.4. The number of fused-ring (bicyclic) bond motifs is 1. The summed E-state index contributed by atoms with van der Waals surface area (Å²) in [4.78, 5) is 16.9. The van der Waals surface area contributed by atoms with Gasteiger partial charge in [-0.25, -0.2) is 8.42 Å². The highest BCUT2D eigenvalue weighted by Gasteiger charge is 2.27. The van der Waals surface area contributed by atoms with Crippen molar-refractivity contribution in [1.29, 1.82) is 0 Å². The summed E-state index contributed by atoms with van der Waals surface area (Å²) in [5.41, 5.74) is 2.76. The second kappa shape index (κ2) is 9.38. The highest BCUT2D eigenvalue weighted by atomic mass is 32.2. The molecule has 1 saturated heterocycles. The Morgan fingerprint density at radius 3 is 2.28 bits per heavy atom. The van der Waals surface area contributed by atoms with Gasteiger partial charge in [0.2, 0.25) is 22.7 Å². The molecule has 2 heterocycles. The first-order valence-electron chi connectivity index (χ1n) is 10.8. The van der Waals surface area contributed by atoms with Crippen molar-refractivity contribution in [2.45, 2.75) is 19.9 Å². The molecule has 0 spiro atoms. The Morgan fingerprint density at radius 1 is 0.969 bits per heavy atom. The summed E-state index contributed by atoms with van der Waals surface area (Å²) in [6, 6.07) is 13.3. The van der Waals surface area contributed by atoms with Gasteiger partial charge in [-0.3, -0.25) is 14.0 Å². The lowest BCUT2D eigenvalue weighted by molar-refractivity contribution is -0.131. The van der Waals surface area contributed by atoms with E-state index in [0.29, 0.717) is 18.8 Å². The van der Waals surface area contributed by atoms with Crippen LogP contribution in [0, 0.1) is 0 Å². The van der Waals surface area contributed by atoms with Crippen LogP contribution in [-0.4, -0.2) is 69.9 Å². The molecule has 0 atom stereocenters. The monoisotopic (exact) mass is 459 g/mol. The van der Waals surface area contributed by atoms with Crippen LogP contribution in [-0.2, 0) is 27.8 Å². The predicted molar refractivity (Wildman–Crippen MR) is 122 cm³/mol. The fraction of sp³-hybridized carbons (Fsp3) is 0.435. The van der Waals surface area contributed by atoms with Gasteiger partial charge < -0.3 is 14.4 Å². The van der Waals surface area contributed by atoms with Crippen LogP contribution in [0.25, 0.3) is 0 Å². The molecule has 1 amide bonds. The molecule has 0 radical (unpaired) electrons. The molecule has 0 bridgehead atoms. The molecule has 0 aliphatic carbocycles. The zero-order chi connectivity index (χ0) is 22.7. The lowest BCUT2D eigenvalue weighted by Gasteiger charge is -2.35. The number of piperazine rings is 1. The van der Waals surface area contributed by atoms with Crippen LogP contribution in [0.1, 0.15) is 18.1 Å². The van der Waals surface area contributed by atoms with E-state index in [1.165, 1.54) is 4.31 Å². The number of benzene rings is 2. The number of carbonyl (C=O) groups excluding carboxylic acids is 1. The number of aryl methyl sites for hydroxylation is 1. The van der Waals surface area contributed by atoms with Gasteiger partial charge in [0.1, 0.15) is 6.54 Å². The molecule has 2 aromatic carbocycles. The molecule has 172 valence electrons. The van der Waals surface area contributed by atoms with E-state index in [9.17, 15) is 13.2 Å². The SMILES string of the molecule is CCc1ccc(N(CC(=O)N2CCN(Cc3ccc4c(c3)OCO4)CC2)S(C)(=O)=O)cc1. The fourth-order valence-electron chi connectivity index (χ4n) is 3.97.